The lowest BCUT2D eigenvalue weighted by atomic mass is 10.1. The molecule has 0 bridgehead atoms. The zero-order chi connectivity index (χ0) is 12.4. The lowest BCUT2D eigenvalue weighted by Crippen LogP contribution is -2.32. The molecule has 1 aromatic carbocycles. The van der Waals surface area contributed by atoms with Gasteiger partial charge in [-0.3, -0.25) is 0 Å². The van der Waals surface area contributed by atoms with E-state index < -0.39 is 0 Å². The molecule has 2 aromatic rings. The second-order valence-corrected chi connectivity index (χ2v) is 6.03. The van der Waals surface area contributed by atoms with Crippen LogP contribution in [0.25, 0.3) is 10.9 Å². The normalized spacial score (nSPS) is 17.4. The molecule has 0 atom stereocenters. The van der Waals surface area contributed by atoms with Gasteiger partial charge in [0.2, 0.25) is 0 Å². The predicted octanol–water partition coefficient (Wildman–Crippen LogP) is 3.89. The summed E-state index contributed by atoms with van der Waals surface area (Å²) >= 11 is 3.53. The Kier molecular flexibility index (Phi) is 3.71. The minimum absolute atomic E-state index is 1.10. The highest BCUT2D eigenvalue weighted by molar-refractivity contribution is 9.10. The van der Waals surface area contributed by atoms with Gasteiger partial charge in [-0.15, -0.1) is 0 Å². The highest BCUT2D eigenvalue weighted by atomic mass is 79.9. The maximum absolute atomic E-state index is 3.53. The molecule has 1 aliphatic heterocycles. The summed E-state index contributed by atoms with van der Waals surface area (Å²) in [6, 6.07) is 8.72. The molecule has 2 heterocycles. The van der Waals surface area contributed by atoms with Crippen molar-refractivity contribution in [2.45, 2.75) is 25.8 Å². The van der Waals surface area contributed by atoms with Gasteiger partial charge in [-0.2, -0.15) is 0 Å². The fourth-order valence-electron chi connectivity index (χ4n) is 2.80. The summed E-state index contributed by atoms with van der Waals surface area (Å²) in [4.78, 5) is 2.59. The third kappa shape index (κ3) is 2.62. The number of fused-ring (bicyclic) bond motifs is 1. The molecule has 0 saturated carbocycles. The summed E-state index contributed by atoms with van der Waals surface area (Å²) < 4.78 is 3.53. The summed E-state index contributed by atoms with van der Waals surface area (Å²) in [7, 11) is 0. The Morgan fingerprint density at radius 3 is 2.67 bits per heavy atom. The minimum Gasteiger partial charge on any atom is -0.346 e. The van der Waals surface area contributed by atoms with Crippen molar-refractivity contribution in [1.29, 1.82) is 0 Å². The summed E-state index contributed by atoms with van der Waals surface area (Å²) in [5, 5.41) is 1.32. The number of benzene rings is 1. The maximum atomic E-state index is 3.53. The van der Waals surface area contributed by atoms with Gasteiger partial charge >= 0.3 is 0 Å². The van der Waals surface area contributed by atoms with Crippen LogP contribution in [0.1, 0.15) is 19.3 Å². The summed E-state index contributed by atoms with van der Waals surface area (Å²) in [6.07, 6.45) is 6.37. The molecule has 1 aliphatic rings. The van der Waals surface area contributed by atoms with Crippen LogP contribution < -0.4 is 0 Å². The van der Waals surface area contributed by atoms with Crippen LogP contribution in [-0.4, -0.2) is 29.1 Å². The molecule has 3 heteroatoms. The molecule has 96 valence electrons. The first-order valence-corrected chi connectivity index (χ1v) is 7.59. The molecule has 18 heavy (non-hydrogen) atoms. The van der Waals surface area contributed by atoms with Crippen LogP contribution in [0.2, 0.25) is 0 Å². The molecule has 3 rings (SSSR count). The second-order valence-electron chi connectivity index (χ2n) is 5.11. The first-order valence-electron chi connectivity index (χ1n) is 6.80. The van der Waals surface area contributed by atoms with Crippen LogP contribution >= 0.6 is 15.9 Å². The Bertz CT molecular complexity index is 526. The van der Waals surface area contributed by atoms with E-state index in [9.17, 15) is 0 Å². The van der Waals surface area contributed by atoms with Crippen molar-refractivity contribution in [3.05, 3.63) is 34.9 Å². The molecule has 0 unspecified atom stereocenters. The lowest BCUT2D eigenvalue weighted by Gasteiger charge is -2.26. The lowest BCUT2D eigenvalue weighted by molar-refractivity contribution is 0.221. The first kappa shape index (κ1) is 12.2. The highest BCUT2D eigenvalue weighted by Crippen LogP contribution is 2.21. The number of halogens is 1. The molecular formula is C15H19BrN2. The molecule has 1 aromatic heterocycles. The predicted molar refractivity (Wildman–Crippen MR) is 79.9 cm³/mol. The zero-order valence-corrected chi connectivity index (χ0v) is 12.2. The summed E-state index contributed by atoms with van der Waals surface area (Å²) in [5.74, 6) is 0. The summed E-state index contributed by atoms with van der Waals surface area (Å²) in [5.41, 5.74) is 1.34. The molecule has 0 aliphatic carbocycles. The van der Waals surface area contributed by atoms with E-state index in [4.69, 9.17) is 0 Å². The zero-order valence-electron chi connectivity index (χ0n) is 10.6. The quantitative estimate of drug-likeness (QED) is 0.835. The average Bonchev–Trinajstić information content (AvgIpc) is 2.80. The number of piperidine rings is 1. The van der Waals surface area contributed by atoms with Gasteiger partial charge in [-0.1, -0.05) is 22.4 Å². The smallest absolute Gasteiger partial charge is 0.0481 e. The van der Waals surface area contributed by atoms with Crippen molar-refractivity contribution in [3.63, 3.8) is 0 Å². The fourth-order valence-corrected chi connectivity index (χ4v) is 3.18. The van der Waals surface area contributed by atoms with Gasteiger partial charge in [-0.25, -0.2) is 0 Å². The van der Waals surface area contributed by atoms with Crippen LogP contribution in [0.3, 0.4) is 0 Å². The highest BCUT2D eigenvalue weighted by Gasteiger charge is 2.10. The van der Waals surface area contributed by atoms with E-state index in [2.05, 4.69) is 55.9 Å². The van der Waals surface area contributed by atoms with Crippen molar-refractivity contribution in [1.82, 2.24) is 9.47 Å². The Labute approximate surface area is 117 Å². The third-order valence-electron chi connectivity index (χ3n) is 3.84. The van der Waals surface area contributed by atoms with E-state index in [-0.39, 0.29) is 0 Å². The van der Waals surface area contributed by atoms with Crippen LogP contribution in [0.15, 0.2) is 34.9 Å². The third-order valence-corrected chi connectivity index (χ3v) is 4.33. The topological polar surface area (TPSA) is 8.17 Å². The average molecular weight is 307 g/mol. The van der Waals surface area contributed by atoms with Crippen molar-refractivity contribution in [3.8, 4) is 0 Å². The number of likely N-dealkylation sites (tertiary alicyclic amines) is 1. The van der Waals surface area contributed by atoms with E-state index in [0.717, 1.165) is 11.0 Å². The van der Waals surface area contributed by atoms with Gasteiger partial charge in [0.05, 0.1) is 0 Å². The summed E-state index contributed by atoms with van der Waals surface area (Å²) in [6.45, 7) is 4.85. The van der Waals surface area contributed by atoms with Gasteiger partial charge in [0.15, 0.2) is 0 Å². The number of rotatable bonds is 3. The van der Waals surface area contributed by atoms with Crippen molar-refractivity contribution < 1.29 is 0 Å². The van der Waals surface area contributed by atoms with Crippen LogP contribution in [0.4, 0.5) is 0 Å². The molecule has 0 amide bonds. The fraction of sp³-hybridized carbons (Fsp3) is 0.467. The molecule has 1 saturated heterocycles. The Morgan fingerprint density at radius 1 is 1.00 bits per heavy atom. The number of nitrogens with zero attached hydrogens (tertiary/aromatic N) is 2. The van der Waals surface area contributed by atoms with Crippen LogP contribution in [0, 0.1) is 0 Å². The molecule has 1 fully saturated rings. The molecule has 0 spiro atoms. The Balaban J connectivity index is 1.70. The standard InChI is InChI=1S/C15H19BrN2/c16-14-4-5-15-13(12-14)6-9-18(15)11-10-17-7-2-1-3-8-17/h4-6,9,12H,1-3,7-8,10-11H2. The first-order chi connectivity index (χ1) is 8.83. The Hall–Kier alpha value is -0.800. The number of hydrogen-bond acceptors (Lipinski definition) is 1. The van der Waals surface area contributed by atoms with Crippen LogP contribution in [-0.2, 0) is 6.54 Å². The van der Waals surface area contributed by atoms with Crippen molar-refractivity contribution >= 4 is 26.8 Å². The monoisotopic (exact) mass is 306 g/mol. The van der Waals surface area contributed by atoms with E-state index in [0.29, 0.717) is 0 Å². The van der Waals surface area contributed by atoms with E-state index >= 15 is 0 Å². The van der Waals surface area contributed by atoms with E-state index in [1.165, 1.54) is 49.8 Å². The van der Waals surface area contributed by atoms with Crippen molar-refractivity contribution in [2.75, 3.05) is 19.6 Å². The minimum atomic E-state index is 1.10. The maximum Gasteiger partial charge on any atom is 0.0481 e. The van der Waals surface area contributed by atoms with Gasteiger partial charge < -0.3 is 9.47 Å². The van der Waals surface area contributed by atoms with Gasteiger partial charge in [0.25, 0.3) is 0 Å². The molecule has 2 nitrogen and oxygen atoms in total. The molecule has 0 N–H and O–H groups in total. The molecular weight excluding hydrogens is 288 g/mol. The molecule has 0 radical (unpaired) electrons. The van der Waals surface area contributed by atoms with Gasteiger partial charge in [0, 0.05) is 34.7 Å². The second kappa shape index (κ2) is 5.45. The largest absolute Gasteiger partial charge is 0.346 e. The van der Waals surface area contributed by atoms with Gasteiger partial charge in [0.1, 0.15) is 0 Å². The van der Waals surface area contributed by atoms with E-state index in [1.54, 1.807) is 0 Å². The van der Waals surface area contributed by atoms with Crippen molar-refractivity contribution in [2.24, 2.45) is 0 Å². The number of aromatic nitrogens is 1. The Morgan fingerprint density at radius 2 is 1.83 bits per heavy atom. The number of hydrogen-bond donors (Lipinski definition) is 0. The van der Waals surface area contributed by atoms with Gasteiger partial charge in [-0.05, 0) is 50.2 Å². The van der Waals surface area contributed by atoms with E-state index in [1.807, 2.05) is 0 Å². The SMILES string of the molecule is Brc1ccc2c(ccn2CCN2CCCCC2)c1. The van der Waals surface area contributed by atoms with Crippen LogP contribution in [0.5, 0.6) is 0 Å².